The standard InChI is InChI=1S/C21H14ClN3O/c22-18-5-8-21-24-13-19(25(21)14-18)6-7-20(26)17-3-1-15(2-4-17)16-9-11-23-12-10-16/h1-14H/b7-6+. The molecule has 126 valence electrons. The summed E-state index contributed by atoms with van der Waals surface area (Å²) in [5.74, 6) is -0.0664. The molecule has 3 aromatic heterocycles. The van der Waals surface area contributed by atoms with Gasteiger partial charge in [-0.25, -0.2) is 4.98 Å². The Labute approximate surface area is 155 Å². The van der Waals surface area contributed by atoms with Crippen LogP contribution < -0.4 is 0 Å². The van der Waals surface area contributed by atoms with Crippen molar-refractivity contribution in [2.75, 3.05) is 0 Å². The average Bonchev–Trinajstić information content (AvgIpc) is 3.09. The molecule has 0 saturated carbocycles. The third kappa shape index (κ3) is 3.27. The van der Waals surface area contributed by atoms with Crippen LogP contribution in [0.15, 0.2) is 79.4 Å². The number of allylic oxidation sites excluding steroid dienone is 1. The number of carbonyl (C=O) groups is 1. The minimum absolute atomic E-state index is 0.0664. The first-order valence-electron chi connectivity index (χ1n) is 8.06. The molecule has 0 N–H and O–H groups in total. The molecule has 4 rings (SSSR count). The van der Waals surface area contributed by atoms with Crippen LogP contribution in [0.3, 0.4) is 0 Å². The van der Waals surface area contributed by atoms with E-state index in [1.165, 1.54) is 0 Å². The van der Waals surface area contributed by atoms with Crippen molar-refractivity contribution < 1.29 is 4.79 Å². The number of aromatic nitrogens is 3. The summed E-state index contributed by atoms with van der Waals surface area (Å²) in [5, 5.41) is 0.614. The Morgan fingerprint density at radius 2 is 1.69 bits per heavy atom. The number of hydrogen-bond acceptors (Lipinski definition) is 3. The predicted octanol–water partition coefficient (Wildman–Crippen LogP) is 4.95. The number of carbonyl (C=O) groups excluding carboxylic acids is 1. The van der Waals surface area contributed by atoms with E-state index in [4.69, 9.17) is 11.6 Å². The van der Waals surface area contributed by atoms with Crippen molar-refractivity contribution >= 4 is 29.1 Å². The first kappa shape index (κ1) is 16.2. The van der Waals surface area contributed by atoms with Crippen molar-refractivity contribution in [2.45, 2.75) is 0 Å². The number of nitrogens with zero attached hydrogens (tertiary/aromatic N) is 3. The third-order valence-corrected chi connectivity index (χ3v) is 4.31. The van der Waals surface area contributed by atoms with E-state index >= 15 is 0 Å². The normalized spacial score (nSPS) is 11.3. The number of rotatable bonds is 4. The maximum Gasteiger partial charge on any atom is 0.185 e. The zero-order valence-corrected chi connectivity index (χ0v) is 14.5. The summed E-state index contributed by atoms with van der Waals surface area (Å²) >= 11 is 6.03. The first-order chi connectivity index (χ1) is 12.7. The zero-order valence-electron chi connectivity index (χ0n) is 13.7. The van der Waals surface area contributed by atoms with Gasteiger partial charge in [-0.15, -0.1) is 0 Å². The summed E-state index contributed by atoms with van der Waals surface area (Å²) < 4.78 is 1.85. The van der Waals surface area contributed by atoms with Crippen LogP contribution in [0.25, 0.3) is 22.9 Å². The maximum atomic E-state index is 12.4. The van der Waals surface area contributed by atoms with E-state index in [1.807, 2.05) is 46.9 Å². The van der Waals surface area contributed by atoms with Crippen molar-refractivity contribution in [2.24, 2.45) is 0 Å². The lowest BCUT2D eigenvalue weighted by Gasteiger charge is -2.02. The van der Waals surface area contributed by atoms with Crippen LogP contribution in [0.4, 0.5) is 0 Å². The Morgan fingerprint density at radius 3 is 2.46 bits per heavy atom. The molecular weight excluding hydrogens is 346 g/mol. The molecule has 0 unspecified atom stereocenters. The van der Waals surface area contributed by atoms with Crippen LogP contribution in [0, 0.1) is 0 Å². The molecule has 4 nitrogen and oxygen atoms in total. The summed E-state index contributed by atoms with van der Waals surface area (Å²) in [6.45, 7) is 0. The molecule has 1 aromatic carbocycles. The fourth-order valence-electron chi connectivity index (χ4n) is 2.73. The molecule has 0 atom stereocenters. The molecule has 0 bridgehead atoms. The minimum Gasteiger partial charge on any atom is -0.299 e. The van der Waals surface area contributed by atoms with Crippen LogP contribution in [-0.2, 0) is 0 Å². The largest absolute Gasteiger partial charge is 0.299 e. The number of pyridine rings is 2. The molecule has 0 aliphatic heterocycles. The molecule has 0 aliphatic carbocycles. The Bertz CT molecular complexity index is 1100. The topological polar surface area (TPSA) is 47.3 Å². The highest BCUT2D eigenvalue weighted by atomic mass is 35.5. The van der Waals surface area contributed by atoms with E-state index in [1.54, 1.807) is 43.0 Å². The van der Waals surface area contributed by atoms with Crippen LogP contribution in [0.2, 0.25) is 5.02 Å². The quantitative estimate of drug-likeness (QED) is 0.383. The zero-order chi connectivity index (χ0) is 17.9. The molecule has 4 aromatic rings. The van der Waals surface area contributed by atoms with Gasteiger partial charge in [-0.2, -0.15) is 0 Å². The fraction of sp³-hybridized carbons (Fsp3) is 0. The number of imidazole rings is 1. The van der Waals surface area contributed by atoms with Crippen molar-refractivity contribution in [3.63, 3.8) is 0 Å². The van der Waals surface area contributed by atoms with E-state index in [0.717, 1.165) is 22.5 Å². The van der Waals surface area contributed by atoms with E-state index in [9.17, 15) is 4.79 Å². The predicted molar refractivity (Wildman–Crippen MR) is 103 cm³/mol. The van der Waals surface area contributed by atoms with Crippen molar-refractivity contribution in [1.29, 1.82) is 0 Å². The van der Waals surface area contributed by atoms with Gasteiger partial charge >= 0.3 is 0 Å². The van der Waals surface area contributed by atoms with Gasteiger partial charge in [0, 0.05) is 24.2 Å². The van der Waals surface area contributed by atoms with Crippen LogP contribution in [0.5, 0.6) is 0 Å². The number of benzene rings is 1. The summed E-state index contributed by atoms with van der Waals surface area (Å²) in [6.07, 6.45) is 10.3. The van der Waals surface area contributed by atoms with Crippen molar-refractivity contribution in [1.82, 2.24) is 14.4 Å². The summed E-state index contributed by atoms with van der Waals surface area (Å²) in [7, 11) is 0. The lowest BCUT2D eigenvalue weighted by atomic mass is 10.0. The van der Waals surface area contributed by atoms with Gasteiger partial charge in [0.2, 0.25) is 0 Å². The van der Waals surface area contributed by atoms with Gasteiger partial charge in [-0.1, -0.05) is 35.9 Å². The number of halogens is 1. The summed E-state index contributed by atoms with van der Waals surface area (Å²) in [4.78, 5) is 20.7. The smallest absolute Gasteiger partial charge is 0.185 e. The second-order valence-electron chi connectivity index (χ2n) is 5.77. The molecule has 0 fully saturated rings. The van der Waals surface area contributed by atoms with E-state index in [0.29, 0.717) is 10.6 Å². The Balaban J connectivity index is 1.56. The highest BCUT2D eigenvalue weighted by Crippen LogP contribution is 2.19. The summed E-state index contributed by atoms with van der Waals surface area (Å²) in [6, 6.07) is 15.0. The molecule has 0 radical (unpaired) electrons. The van der Waals surface area contributed by atoms with Gasteiger partial charge in [-0.3, -0.25) is 14.2 Å². The first-order valence-corrected chi connectivity index (χ1v) is 8.44. The molecule has 26 heavy (non-hydrogen) atoms. The lowest BCUT2D eigenvalue weighted by Crippen LogP contribution is -1.94. The SMILES string of the molecule is O=C(/C=C/c1cnc2ccc(Cl)cn12)c1ccc(-c2ccncc2)cc1. The molecule has 3 heterocycles. The number of ketones is 1. The lowest BCUT2D eigenvalue weighted by molar-refractivity contribution is 0.104. The van der Waals surface area contributed by atoms with Crippen LogP contribution in [0.1, 0.15) is 16.1 Å². The molecule has 0 aliphatic rings. The Morgan fingerprint density at radius 1 is 0.962 bits per heavy atom. The maximum absolute atomic E-state index is 12.4. The third-order valence-electron chi connectivity index (χ3n) is 4.09. The van der Waals surface area contributed by atoms with Gasteiger partial charge < -0.3 is 0 Å². The molecule has 0 saturated heterocycles. The molecular formula is C21H14ClN3O. The Hall–Kier alpha value is -3.24. The monoisotopic (exact) mass is 359 g/mol. The summed E-state index contributed by atoms with van der Waals surface area (Å²) in [5.41, 5.74) is 4.32. The highest BCUT2D eigenvalue weighted by Gasteiger charge is 2.05. The van der Waals surface area contributed by atoms with Crippen molar-refractivity contribution in [3.05, 3.63) is 95.7 Å². The second kappa shape index (κ2) is 6.94. The van der Waals surface area contributed by atoms with Gasteiger partial charge in [0.05, 0.1) is 16.9 Å². The molecule has 0 spiro atoms. The van der Waals surface area contributed by atoms with E-state index < -0.39 is 0 Å². The van der Waals surface area contributed by atoms with E-state index in [2.05, 4.69) is 9.97 Å². The van der Waals surface area contributed by atoms with Crippen LogP contribution >= 0.6 is 11.6 Å². The van der Waals surface area contributed by atoms with Gasteiger partial charge in [-0.05, 0) is 47.5 Å². The van der Waals surface area contributed by atoms with Crippen LogP contribution in [-0.4, -0.2) is 20.2 Å². The van der Waals surface area contributed by atoms with E-state index in [-0.39, 0.29) is 5.78 Å². The van der Waals surface area contributed by atoms with Crippen molar-refractivity contribution in [3.8, 4) is 11.1 Å². The van der Waals surface area contributed by atoms with Gasteiger partial charge in [0.1, 0.15) is 5.65 Å². The molecule has 0 amide bonds. The Kier molecular flexibility index (Phi) is 4.33. The fourth-order valence-corrected chi connectivity index (χ4v) is 2.89. The van der Waals surface area contributed by atoms with Gasteiger partial charge in [0.25, 0.3) is 0 Å². The average molecular weight is 360 g/mol. The second-order valence-corrected chi connectivity index (χ2v) is 6.21. The van der Waals surface area contributed by atoms with Gasteiger partial charge in [0.15, 0.2) is 5.78 Å². The number of hydrogen-bond donors (Lipinski definition) is 0. The molecule has 5 heteroatoms. The highest BCUT2D eigenvalue weighted by molar-refractivity contribution is 6.30. The number of fused-ring (bicyclic) bond motifs is 1. The minimum atomic E-state index is -0.0664.